The van der Waals surface area contributed by atoms with E-state index >= 15 is 0 Å². The minimum Gasteiger partial charge on any atom is -0.376 e. The average Bonchev–Trinajstić information content (AvgIpc) is 3.39. The van der Waals surface area contributed by atoms with Crippen LogP contribution in [-0.4, -0.2) is 82.8 Å². The van der Waals surface area contributed by atoms with Crippen molar-refractivity contribution < 1.29 is 19.1 Å². The molecule has 9 nitrogen and oxygen atoms in total. The molecule has 2 fully saturated rings. The quantitative estimate of drug-likeness (QED) is 0.740. The maximum absolute atomic E-state index is 13.0. The number of nitrogens with zero attached hydrogens (tertiary/aromatic N) is 4. The van der Waals surface area contributed by atoms with Gasteiger partial charge in [0.15, 0.2) is 5.69 Å². The fourth-order valence-electron chi connectivity index (χ4n) is 3.62. The van der Waals surface area contributed by atoms with Crippen molar-refractivity contribution in [2.75, 3.05) is 39.3 Å². The van der Waals surface area contributed by atoms with Crippen LogP contribution in [0.1, 0.15) is 33.9 Å². The van der Waals surface area contributed by atoms with Gasteiger partial charge in [0.05, 0.1) is 11.6 Å². The average molecular weight is 385 g/mol. The van der Waals surface area contributed by atoms with E-state index in [0.29, 0.717) is 38.2 Å². The zero-order valence-electron chi connectivity index (χ0n) is 15.5. The maximum atomic E-state index is 13.0. The van der Waals surface area contributed by atoms with E-state index < -0.39 is 0 Å². The molecule has 0 bridgehead atoms. The summed E-state index contributed by atoms with van der Waals surface area (Å²) < 4.78 is 7.19. The van der Waals surface area contributed by atoms with Crippen LogP contribution in [0.2, 0.25) is 0 Å². The molecule has 0 aromatic carbocycles. The van der Waals surface area contributed by atoms with Gasteiger partial charge in [0, 0.05) is 45.5 Å². The Morgan fingerprint density at radius 1 is 1.25 bits per heavy atom. The minimum atomic E-state index is -0.316. The van der Waals surface area contributed by atoms with E-state index in [4.69, 9.17) is 4.74 Å². The molecule has 4 heterocycles. The van der Waals surface area contributed by atoms with Gasteiger partial charge in [0.1, 0.15) is 0 Å². The molecule has 2 aliphatic heterocycles. The Labute approximate surface area is 162 Å². The first-order valence-corrected chi connectivity index (χ1v) is 9.53. The van der Waals surface area contributed by atoms with E-state index in [1.165, 1.54) is 0 Å². The molecule has 3 amide bonds. The van der Waals surface area contributed by atoms with E-state index in [-0.39, 0.29) is 29.4 Å². The first-order chi connectivity index (χ1) is 13.7. The van der Waals surface area contributed by atoms with Gasteiger partial charge >= 0.3 is 0 Å². The molecule has 2 aliphatic rings. The van der Waals surface area contributed by atoms with Gasteiger partial charge in [-0.05, 0) is 25.0 Å². The zero-order valence-corrected chi connectivity index (χ0v) is 15.5. The number of rotatable bonds is 5. The molecule has 2 saturated heterocycles. The third-order valence-electron chi connectivity index (χ3n) is 5.22. The van der Waals surface area contributed by atoms with Crippen LogP contribution in [0.4, 0.5) is 0 Å². The van der Waals surface area contributed by atoms with Gasteiger partial charge in [-0.25, -0.2) is 4.98 Å². The molecule has 0 spiro atoms. The summed E-state index contributed by atoms with van der Waals surface area (Å²) in [6.07, 6.45) is 4.50. The van der Waals surface area contributed by atoms with Gasteiger partial charge in [-0.1, -0.05) is 6.07 Å². The summed E-state index contributed by atoms with van der Waals surface area (Å²) in [5.74, 6) is -0.355. The molecule has 1 unspecified atom stereocenters. The predicted molar refractivity (Wildman–Crippen MR) is 100 cm³/mol. The summed E-state index contributed by atoms with van der Waals surface area (Å²) in [6, 6.07) is 5.38. The number of fused-ring (bicyclic) bond motifs is 1. The highest BCUT2D eigenvalue weighted by Crippen LogP contribution is 2.16. The number of amides is 3. The van der Waals surface area contributed by atoms with E-state index in [1.807, 2.05) is 6.07 Å². The topological polar surface area (TPSA) is 96.3 Å². The molecule has 4 rings (SSSR count). The first kappa shape index (κ1) is 18.4. The van der Waals surface area contributed by atoms with Crippen LogP contribution in [0.5, 0.6) is 0 Å². The SMILES string of the molecule is O=CN1CCN(C(=O)c2nc(C(=O)NCC3CCCO3)c3ccccn23)CC1. The molecule has 9 heteroatoms. The van der Waals surface area contributed by atoms with Crippen LogP contribution >= 0.6 is 0 Å². The normalized spacial score (nSPS) is 19.8. The Balaban J connectivity index is 1.55. The van der Waals surface area contributed by atoms with Crippen LogP contribution in [0.25, 0.3) is 5.52 Å². The van der Waals surface area contributed by atoms with E-state index in [0.717, 1.165) is 25.9 Å². The lowest BCUT2D eigenvalue weighted by molar-refractivity contribution is -0.119. The number of imidazole rings is 1. The van der Waals surface area contributed by atoms with Gasteiger partial charge in [-0.15, -0.1) is 0 Å². The lowest BCUT2D eigenvalue weighted by atomic mass is 10.2. The maximum Gasteiger partial charge on any atom is 0.290 e. The molecular weight excluding hydrogens is 362 g/mol. The van der Waals surface area contributed by atoms with E-state index in [9.17, 15) is 14.4 Å². The Kier molecular flexibility index (Phi) is 5.25. The third kappa shape index (κ3) is 3.57. The highest BCUT2D eigenvalue weighted by Gasteiger charge is 2.27. The summed E-state index contributed by atoms with van der Waals surface area (Å²) in [5, 5.41) is 2.87. The number of piperazine rings is 1. The van der Waals surface area contributed by atoms with Crippen LogP contribution in [0.3, 0.4) is 0 Å². The number of carbonyl (C=O) groups excluding carboxylic acids is 3. The van der Waals surface area contributed by atoms with Crippen molar-refractivity contribution in [1.29, 1.82) is 0 Å². The second kappa shape index (κ2) is 7.97. The number of nitrogens with one attached hydrogen (secondary N) is 1. The van der Waals surface area contributed by atoms with Crippen molar-refractivity contribution >= 4 is 23.7 Å². The summed E-state index contributed by atoms with van der Waals surface area (Å²) in [5.41, 5.74) is 0.815. The smallest absolute Gasteiger partial charge is 0.290 e. The minimum absolute atomic E-state index is 0.0352. The Morgan fingerprint density at radius 2 is 2.07 bits per heavy atom. The third-order valence-corrected chi connectivity index (χ3v) is 5.22. The molecule has 0 saturated carbocycles. The highest BCUT2D eigenvalue weighted by molar-refractivity contribution is 6.02. The van der Waals surface area contributed by atoms with Crippen LogP contribution in [-0.2, 0) is 9.53 Å². The Morgan fingerprint density at radius 3 is 2.79 bits per heavy atom. The van der Waals surface area contributed by atoms with Crippen molar-refractivity contribution in [3.8, 4) is 0 Å². The summed E-state index contributed by atoms with van der Waals surface area (Å²) in [4.78, 5) is 44.2. The van der Waals surface area contributed by atoms with Crippen molar-refractivity contribution in [3.05, 3.63) is 35.9 Å². The van der Waals surface area contributed by atoms with Crippen LogP contribution in [0.15, 0.2) is 24.4 Å². The number of ether oxygens (including phenoxy) is 1. The Bertz CT molecular complexity index is 882. The van der Waals surface area contributed by atoms with E-state index in [1.54, 1.807) is 32.5 Å². The highest BCUT2D eigenvalue weighted by atomic mass is 16.5. The Hall–Kier alpha value is -2.94. The van der Waals surface area contributed by atoms with E-state index in [2.05, 4.69) is 10.3 Å². The van der Waals surface area contributed by atoms with Crippen LogP contribution < -0.4 is 5.32 Å². The van der Waals surface area contributed by atoms with Crippen molar-refractivity contribution in [2.24, 2.45) is 0 Å². The monoisotopic (exact) mass is 385 g/mol. The molecular formula is C19H23N5O4. The lowest BCUT2D eigenvalue weighted by Crippen LogP contribution is -2.48. The van der Waals surface area contributed by atoms with Crippen molar-refractivity contribution in [1.82, 2.24) is 24.5 Å². The van der Waals surface area contributed by atoms with Gasteiger partial charge in [-0.2, -0.15) is 0 Å². The molecule has 1 N–H and O–H groups in total. The molecule has 0 aliphatic carbocycles. The number of hydrogen-bond donors (Lipinski definition) is 1. The van der Waals surface area contributed by atoms with Crippen molar-refractivity contribution in [2.45, 2.75) is 18.9 Å². The number of pyridine rings is 1. The second-order valence-electron chi connectivity index (χ2n) is 7.02. The molecule has 2 aromatic rings. The summed E-state index contributed by atoms with van der Waals surface area (Å²) in [6.45, 7) is 3.03. The number of aromatic nitrogens is 2. The van der Waals surface area contributed by atoms with Crippen molar-refractivity contribution in [3.63, 3.8) is 0 Å². The fourth-order valence-corrected chi connectivity index (χ4v) is 3.62. The van der Waals surface area contributed by atoms with Gasteiger partial charge in [0.2, 0.25) is 12.2 Å². The molecule has 2 aromatic heterocycles. The summed E-state index contributed by atoms with van der Waals surface area (Å²) in [7, 11) is 0. The molecule has 1 atom stereocenters. The van der Waals surface area contributed by atoms with Gasteiger partial charge < -0.3 is 19.9 Å². The standard InChI is InChI=1S/C19H23N5O4/c25-13-22-7-9-23(10-8-22)19(27)17-21-16(15-5-1-2-6-24(15)17)18(26)20-12-14-4-3-11-28-14/h1-2,5-6,13-14H,3-4,7-12H2,(H,20,26). The number of hydrogen-bond acceptors (Lipinski definition) is 5. The molecule has 148 valence electrons. The van der Waals surface area contributed by atoms with Crippen LogP contribution in [0, 0.1) is 0 Å². The second-order valence-corrected chi connectivity index (χ2v) is 7.02. The van der Waals surface area contributed by atoms with Gasteiger partial charge in [-0.3, -0.25) is 18.8 Å². The molecule has 0 radical (unpaired) electrons. The number of carbonyl (C=O) groups is 3. The zero-order chi connectivity index (χ0) is 19.5. The lowest BCUT2D eigenvalue weighted by Gasteiger charge is -2.32. The molecule has 28 heavy (non-hydrogen) atoms. The predicted octanol–water partition coefficient (Wildman–Crippen LogP) is 0.157. The fraction of sp³-hybridized carbons (Fsp3) is 0.474. The van der Waals surface area contributed by atoms with Gasteiger partial charge in [0.25, 0.3) is 11.8 Å². The largest absolute Gasteiger partial charge is 0.376 e. The first-order valence-electron chi connectivity index (χ1n) is 9.53. The summed E-state index contributed by atoms with van der Waals surface area (Å²) >= 11 is 0.